The smallest absolute Gasteiger partial charge is 0.462 e. The van der Waals surface area contributed by atoms with Gasteiger partial charge in [-0.15, -0.1) is 0 Å². The number of carbonyl (C=O) groups excluding carboxylic acids is 3. The van der Waals surface area contributed by atoms with E-state index in [2.05, 4.69) is 81.5 Å². The fourth-order valence-electron chi connectivity index (χ4n) is 8.59. The van der Waals surface area contributed by atoms with Gasteiger partial charge in [0.15, 0.2) is 6.10 Å². The highest BCUT2D eigenvalue weighted by molar-refractivity contribution is 7.47. The van der Waals surface area contributed by atoms with Crippen molar-refractivity contribution in [3.8, 4) is 0 Å². The maximum atomic E-state index is 12.9. The van der Waals surface area contributed by atoms with E-state index >= 15 is 0 Å². The summed E-state index contributed by atoms with van der Waals surface area (Å²) in [5, 5.41) is 9.84. The molecule has 0 fully saturated rings. The number of phosphoric ester groups is 1. The van der Waals surface area contributed by atoms with Crippen molar-refractivity contribution in [2.24, 2.45) is 0 Å². The summed E-state index contributed by atoms with van der Waals surface area (Å²) in [6, 6.07) is 0. The molecule has 0 saturated heterocycles. The summed E-state index contributed by atoms with van der Waals surface area (Å²) in [6.45, 7) is 4.60. The topological polar surface area (TPSA) is 155 Å². The second-order valence-corrected chi connectivity index (χ2v) is 22.3. The maximum Gasteiger partial charge on any atom is 0.472 e. The molecule has 0 amide bonds. The van der Waals surface area contributed by atoms with Gasteiger partial charge in [0.1, 0.15) is 12.7 Å². The van der Waals surface area contributed by atoms with Gasteiger partial charge in [-0.05, 0) is 109 Å². The number of rotatable bonds is 58. The number of unbranched alkanes of at least 4 members (excludes halogenated alkanes) is 31. The van der Waals surface area contributed by atoms with Crippen molar-refractivity contribution < 1.29 is 52.2 Å². The molecule has 2 N–H and O–H groups in total. The predicted molar refractivity (Wildman–Crippen MR) is 316 cm³/mol. The number of ether oxygens (including phenoxy) is 3. The van der Waals surface area contributed by atoms with Crippen molar-refractivity contribution in [2.75, 3.05) is 26.4 Å². The summed E-state index contributed by atoms with van der Waals surface area (Å²) in [5.41, 5.74) is 0. The van der Waals surface area contributed by atoms with E-state index in [1.807, 2.05) is 0 Å². The first-order chi connectivity index (χ1) is 37.2. The van der Waals surface area contributed by atoms with E-state index in [4.69, 9.17) is 23.3 Å². The Morgan fingerprint density at radius 2 is 0.645 bits per heavy atom. The quantitative estimate of drug-likeness (QED) is 0.0197. The van der Waals surface area contributed by atoms with Crippen LogP contribution in [-0.2, 0) is 42.2 Å². The highest BCUT2D eigenvalue weighted by Gasteiger charge is 2.28. The van der Waals surface area contributed by atoms with Crippen LogP contribution >= 0.6 is 7.82 Å². The van der Waals surface area contributed by atoms with Crippen molar-refractivity contribution in [1.29, 1.82) is 0 Å². The number of phosphoric acid groups is 1. The first-order valence-corrected chi connectivity index (χ1v) is 32.7. The Labute approximate surface area is 465 Å². The van der Waals surface area contributed by atoms with Crippen LogP contribution in [0.1, 0.15) is 290 Å². The average Bonchev–Trinajstić information content (AvgIpc) is 3.41. The van der Waals surface area contributed by atoms with Crippen LogP contribution in [0.3, 0.4) is 0 Å². The van der Waals surface area contributed by atoms with E-state index in [-0.39, 0.29) is 25.9 Å². The monoisotopic (exact) mass is 1090 g/mol. The van der Waals surface area contributed by atoms with Gasteiger partial charge in [-0.2, -0.15) is 0 Å². The first-order valence-electron chi connectivity index (χ1n) is 31.2. The fraction of sp³-hybridized carbons (Fsp3) is 0.797. The standard InChI is InChI=1S/C64H115O11P/c1-4-7-10-13-16-19-22-25-27-29-30-32-34-37-40-43-46-49-52-55-64(68)75-61(57-71-62(66)53-50-47-44-41-38-35-24-21-18-15-12-9-6-3)59-73-76(69,70)72-58-60(56-65)74-63(67)54-51-48-45-42-39-36-33-31-28-26-23-20-17-14-11-8-5-2/h16,19,21,24-28,30,32,60-61,65H,4-15,17-18,20,22-23,29,31,33-59H2,1-3H3,(H,69,70)/b19-16-,24-21-,27-25-,28-26-,32-30-. The van der Waals surface area contributed by atoms with E-state index in [0.29, 0.717) is 19.3 Å². The number of carbonyl (C=O) groups is 3. The molecule has 442 valence electrons. The van der Waals surface area contributed by atoms with Gasteiger partial charge in [0, 0.05) is 19.3 Å². The molecular formula is C64H115O11P. The second kappa shape index (κ2) is 58.3. The minimum atomic E-state index is -4.76. The minimum absolute atomic E-state index is 0.151. The molecule has 0 aromatic rings. The van der Waals surface area contributed by atoms with Crippen molar-refractivity contribution in [3.63, 3.8) is 0 Å². The van der Waals surface area contributed by atoms with E-state index in [9.17, 15) is 28.9 Å². The van der Waals surface area contributed by atoms with Gasteiger partial charge < -0.3 is 24.2 Å². The third-order valence-electron chi connectivity index (χ3n) is 13.4. The second-order valence-electron chi connectivity index (χ2n) is 20.9. The number of aliphatic hydroxyl groups excluding tert-OH is 1. The SMILES string of the molecule is CCCCC/C=C\C/C=C\C/C=C\CCCCCCCCC(=O)OC(COC(=O)CCCCCCC/C=C\CCCCCC)COP(=O)(O)OCC(CO)OC(=O)CCCCCCCCC/C=C\CCCCCCCC. The van der Waals surface area contributed by atoms with Gasteiger partial charge in [-0.1, -0.05) is 223 Å². The molecule has 3 unspecified atom stereocenters. The van der Waals surface area contributed by atoms with Crippen LogP contribution in [0.2, 0.25) is 0 Å². The lowest BCUT2D eigenvalue weighted by Gasteiger charge is -2.21. The van der Waals surface area contributed by atoms with Gasteiger partial charge in [-0.3, -0.25) is 23.4 Å². The number of aliphatic hydroxyl groups is 1. The first kappa shape index (κ1) is 73.2. The van der Waals surface area contributed by atoms with Gasteiger partial charge in [0.25, 0.3) is 0 Å². The van der Waals surface area contributed by atoms with Crippen molar-refractivity contribution in [2.45, 2.75) is 303 Å². The van der Waals surface area contributed by atoms with Crippen LogP contribution < -0.4 is 0 Å². The highest BCUT2D eigenvalue weighted by atomic mass is 31.2. The Bertz CT molecular complexity index is 1510. The van der Waals surface area contributed by atoms with Crippen molar-refractivity contribution in [3.05, 3.63) is 60.8 Å². The molecule has 11 nitrogen and oxygen atoms in total. The van der Waals surface area contributed by atoms with E-state index < -0.39 is 57.8 Å². The van der Waals surface area contributed by atoms with E-state index in [1.54, 1.807) is 0 Å². The van der Waals surface area contributed by atoms with E-state index in [0.717, 1.165) is 116 Å². The summed E-state index contributed by atoms with van der Waals surface area (Å²) in [7, 11) is -4.76. The lowest BCUT2D eigenvalue weighted by molar-refractivity contribution is -0.161. The molecule has 0 spiro atoms. The van der Waals surface area contributed by atoms with Crippen LogP contribution in [-0.4, -0.2) is 66.5 Å². The molecule has 0 aromatic heterocycles. The molecule has 0 rings (SSSR count). The van der Waals surface area contributed by atoms with Crippen molar-refractivity contribution >= 4 is 25.7 Å². The normalized spacial score (nSPS) is 13.7. The van der Waals surface area contributed by atoms with Crippen LogP contribution in [0.15, 0.2) is 60.8 Å². The molecule has 0 aliphatic carbocycles. The van der Waals surface area contributed by atoms with Gasteiger partial charge in [0.05, 0.1) is 19.8 Å². The molecule has 0 aliphatic heterocycles. The van der Waals surface area contributed by atoms with Crippen LogP contribution in [0.5, 0.6) is 0 Å². The lowest BCUT2D eigenvalue weighted by atomic mass is 10.1. The molecule has 12 heteroatoms. The molecular weight excluding hydrogens is 976 g/mol. The van der Waals surface area contributed by atoms with Crippen LogP contribution in [0.4, 0.5) is 0 Å². The molecule has 0 radical (unpaired) electrons. The summed E-state index contributed by atoms with van der Waals surface area (Å²) in [4.78, 5) is 48.6. The predicted octanol–water partition coefficient (Wildman–Crippen LogP) is 18.7. The molecule has 0 heterocycles. The Hall–Kier alpha value is -2.82. The summed E-state index contributed by atoms with van der Waals surface area (Å²) < 4.78 is 39.6. The zero-order chi connectivity index (χ0) is 55.5. The number of hydrogen-bond donors (Lipinski definition) is 2. The Morgan fingerprint density at radius 1 is 0.368 bits per heavy atom. The van der Waals surface area contributed by atoms with Gasteiger partial charge >= 0.3 is 25.7 Å². The third-order valence-corrected chi connectivity index (χ3v) is 14.3. The minimum Gasteiger partial charge on any atom is -0.462 e. The molecule has 76 heavy (non-hydrogen) atoms. The Morgan fingerprint density at radius 3 is 1.04 bits per heavy atom. The zero-order valence-electron chi connectivity index (χ0n) is 49.0. The number of esters is 3. The summed E-state index contributed by atoms with van der Waals surface area (Å²) >= 11 is 0. The highest BCUT2D eigenvalue weighted by Crippen LogP contribution is 2.43. The number of hydrogen-bond acceptors (Lipinski definition) is 10. The van der Waals surface area contributed by atoms with E-state index in [1.165, 1.54) is 116 Å². The Balaban J connectivity index is 4.70. The van der Waals surface area contributed by atoms with Crippen molar-refractivity contribution in [1.82, 2.24) is 0 Å². The van der Waals surface area contributed by atoms with Gasteiger partial charge in [0.2, 0.25) is 0 Å². The molecule has 0 bridgehead atoms. The summed E-state index contributed by atoms with van der Waals surface area (Å²) in [6.07, 6.45) is 64.5. The number of allylic oxidation sites excluding steroid dienone is 10. The summed E-state index contributed by atoms with van der Waals surface area (Å²) in [5.74, 6) is -1.48. The largest absolute Gasteiger partial charge is 0.472 e. The zero-order valence-corrected chi connectivity index (χ0v) is 49.9. The maximum absolute atomic E-state index is 12.9. The molecule has 0 aliphatic rings. The Kier molecular flexibility index (Phi) is 56.2. The molecule has 0 aromatic carbocycles. The average molecular weight is 1090 g/mol. The third kappa shape index (κ3) is 55.9. The fourth-order valence-corrected chi connectivity index (χ4v) is 9.37. The molecule has 0 saturated carbocycles. The van der Waals surface area contributed by atoms with Crippen LogP contribution in [0, 0.1) is 0 Å². The van der Waals surface area contributed by atoms with Crippen LogP contribution in [0.25, 0.3) is 0 Å². The molecule has 3 atom stereocenters. The lowest BCUT2D eigenvalue weighted by Crippen LogP contribution is -2.30. The van der Waals surface area contributed by atoms with Gasteiger partial charge in [-0.25, -0.2) is 4.57 Å².